The number of nitrogens with one attached hydrogen (secondary N) is 2. The summed E-state index contributed by atoms with van der Waals surface area (Å²) in [5, 5.41) is 20.6. The molecule has 0 fully saturated rings. The molecule has 0 spiro atoms. The van der Waals surface area contributed by atoms with Gasteiger partial charge in [0.25, 0.3) is 11.8 Å². The monoisotopic (exact) mass is 607 g/mol. The van der Waals surface area contributed by atoms with Crippen LogP contribution in [-0.4, -0.2) is 52.9 Å². The molecule has 0 aliphatic heterocycles. The standard InChI is InChI=1S/C26H26F5N9O3/c1-25(27,28)43-20-6-4-5-17(11-20)13-33-23(41)21-15-39(37-35-21)9-2-3-10-40-16-22(36-38-40)24(42)34-14-19-12-18(7-8-32-19)26(29,30)31/h4-8,11-12,15-16H,2-3,9-10,13-14H2,1H3,(H,33,41)(H,34,42). The lowest BCUT2D eigenvalue weighted by atomic mass is 10.2. The largest absolute Gasteiger partial charge is 0.433 e. The van der Waals surface area contributed by atoms with Gasteiger partial charge in [0.15, 0.2) is 11.4 Å². The number of pyridine rings is 1. The first-order chi connectivity index (χ1) is 20.4. The smallest absolute Gasteiger partial charge is 0.416 e. The molecule has 0 bridgehead atoms. The highest BCUT2D eigenvalue weighted by molar-refractivity contribution is 5.92. The van der Waals surface area contributed by atoms with E-state index in [0.717, 1.165) is 18.3 Å². The Hall–Kier alpha value is -4.96. The van der Waals surface area contributed by atoms with E-state index in [1.165, 1.54) is 40.0 Å². The molecule has 228 valence electrons. The molecule has 0 saturated carbocycles. The van der Waals surface area contributed by atoms with E-state index in [9.17, 15) is 31.5 Å². The van der Waals surface area contributed by atoms with Crippen molar-refractivity contribution in [2.24, 2.45) is 0 Å². The Bertz CT molecular complexity index is 1550. The topological polar surface area (TPSA) is 142 Å². The summed E-state index contributed by atoms with van der Waals surface area (Å²) < 4.78 is 72.1. The minimum absolute atomic E-state index is 0.00135. The Morgan fingerprint density at radius 2 is 1.47 bits per heavy atom. The first-order valence-corrected chi connectivity index (χ1v) is 12.9. The molecule has 0 unspecified atom stereocenters. The summed E-state index contributed by atoms with van der Waals surface area (Å²) in [7, 11) is 0. The number of nitrogens with zero attached hydrogens (tertiary/aromatic N) is 7. The number of rotatable bonds is 13. The summed E-state index contributed by atoms with van der Waals surface area (Å²) in [5.41, 5.74) is -0.169. The fourth-order valence-electron chi connectivity index (χ4n) is 3.78. The maximum Gasteiger partial charge on any atom is 0.416 e. The number of carbonyl (C=O) groups excluding carboxylic acids is 2. The van der Waals surface area contributed by atoms with Crippen LogP contribution in [0.3, 0.4) is 0 Å². The van der Waals surface area contributed by atoms with Gasteiger partial charge < -0.3 is 15.4 Å². The summed E-state index contributed by atoms with van der Waals surface area (Å²) in [5.74, 6) is -1.12. The minimum Gasteiger partial charge on any atom is -0.433 e. The van der Waals surface area contributed by atoms with Gasteiger partial charge in [-0.25, -0.2) is 0 Å². The maximum absolute atomic E-state index is 13.1. The zero-order chi connectivity index (χ0) is 31.0. The van der Waals surface area contributed by atoms with Crippen LogP contribution in [-0.2, 0) is 32.4 Å². The number of aromatic nitrogens is 7. The van der Waals surface area contributed by atoms with Gasteiger partial charge in [-0.1, -0.05) is 22.6 Å². The Morgan fingerprint density at radius 1 is 0.860 bits per heavy atom. The van der Waals surface area contributed by atoms with Crippen molar-refractivity contribution in [3.8, 4) is 5.75 Å². The molecule has 43 heavy (non-hydrogen) atoms. The van der Waals surface area contributed by atoms with E-state index < -0.39 is 29.7 Å². The molecule has 4 rings (SSSR count). The molecule has 17 heteroatoms. The lowest BCUT2D eigenvalue weighted by molar-refractivity contribution is -0.159. The molecule has 1 aromatic carbocycles. The molecule has 4 aromatic rings. The molecule has 0 radical (unpaired) electrons. The maximum atomic E-state index is 13.1. The average Bonchev–Trinajstić information content (AvgIpc) is 3.62. The van der Waals surface area contributed by atoms with Crippen LogP contribution in [0.2, 0.25) is 0 Å². The molecule has 2 amide bonds. The number of unbranched alkanes of at least 4 members (excludes halogenated alkanes) is 1. The van der Waals surface area contributed by atoms with Gasteiger partial charge in [-0.15, -0.1) is 10.2 Å². The molecule has 0 saturated heterocycles. The van der Waals surface area contributed by atoms with Gasteiger partial charge >= 0.3 is 12.3 Å². The molecular formula is C26H26F5N9O3. The third-order valence-electron chi connectivity index (χ3n) is 5.79. The van der Waals surface area contributed by atoms with E-state index in [0.29, 0.717) is 38.4 Å². The number of ether oxygens (including phenoxy) is 1. The number of aryl methyl sites for hydroxylation is 2. The second kappa shape index (κ2) is 13.3. The first kappa shape index (κ1) is 31.0. The Labute approximate surface area is 241 Å². The number of amides is 2. The van der Waals surface area contributed by atoms with Gasteiger partial charge in [0.2, 0.25) is 0 Å². The van der Waals surface area contributed by atoms with Crippen LogP contribution in [0.1, 0.15) is 57.6 Å². The average molecular weight is 608 g/mol. The van der Waals surface area contributed by atoms with Crippen molar-refractivity contribution < 1.29 is 36.3 Å². The molecule has 3 aromatic heterocycles. The van der Waals surface area contributed by atoms with Gasteiger partial charge in [-0.3, -0.25) is 23.9 Å². The molecule has 12 nitrogen and oxygen atoms in total. The predicted octanol–water partition coefficient (Wildman–Crippen LogP) is 3.62. The zero-order valence-electron chi connectivity index (χ0n) is 22.7. The molecule has 2 N–H and O–H groups in total. The summed E-state index contributed by atoms with van der Waals surface area (Å²) in [6, 6.07) is 7.68. The van der Waals surface area contributed by atoms with Gasteiger partial charge in [0.05, 0.1) is 30.2 Å². The number of halogens is 5. The second-order valence-corrected chi connectivity index (χ2v) is 9.40. The number of hydrogen-bond acceptors (Lipinski definition) is 8. The highest BCUT2D eigenvalue weighted by Gasteiger charge is 2.30. The van der Waals surface area contributed by atoms with Crippen LogP contribution in [0.25, 0.3) is 0 Å². The highest BCUT2D eigenvalue weighted by atomic mass is 19.4. The van der Waals surface area contributed by atoms with Crippen LogP contribution >= 0.6 is 0 Å². The normalized spacial score (nSPS) is 11.8. The quantitative estimate of drug-likeness (QED) is 0.174. The molecule has 0 atom stereocenters. The fraction of sp³-hybridized carbons (Fsp3) is 0.346. The number of carbonyl (C=O) groups is 2. The Balaban J connectivity index is 1.17. The lowest BCUT2D eigenvalue weighted by Gasteiger charge is -2.13. The zero-order valence-corrected chi connectivity index (χ0v) is 22.7. The predicted molar refractivity (Wildman–Crippen MR) is 139 cm³/mol. The van der Waals surface area contributed by atoms with E-state index in [-0.39, 0.29) is 35.9 Å². The number of hydrogen-bond donors (Lipinski definition) is 2. The van der Waals surface area contributed by atoms with E-state index >= 15 is 0 Å². The molecule has 0 aliphatic rings. The van der Waals surface area contributed by atoms with Crippen LogP contribution in [0, 0.1) is 0 Å². The lowest BCUT2D eigenvalue weighted by Crippen LogP contribution is -2.24. The van der Waals surface area contributed by atoms with Crippen molar-refractivity contribution in [1.29, 1.82) is 0 Å². The SMILES string of the molecule is CC(F)(F)Oc1cccc(CNC(=O)c2cn(CCCCn3cc(C(=O)NCc4cc(C(F)(F)F)ccn4)nn3)nn2)c1. The van der Waals surface area contributed by atoms with Crippen LogP contribution in [0.5, 0.6) is 5.75 Å². The van der Waals surface area contributed by atoms with Crippen molar-refractivity contribution >= 4 is 11.8 Å². The van der Waals surface area contributed by atoms with Crippen molar-refractivity contribution in [2.75, 3.05) is 0 Å². The number of alkyl halides is 5. The summed E-state index contributed by atoms with van der Waals surface area (Å²) in [4.78, 5) is 28.6. The van der Waals surface area contributed by atoms with E-state index in [4.69, 9.17) is 0 Å². The fourth-order valence-corrected chi connectivity index (χ4v) is 3.78. The molecule has 0 aliphatic carbocycles. The van der Waals surface area contributed by atoms with Crippen LogP contribution in [0.15, 0.2) is 55.0 Å². The van der Waals surface area contributed by atoms with Crippen molar-refractivity contribution in [3.05, 3.63) is 83.2 Å². The third-order valence-corrected chi connectivity index (χ3v) is 5.79. The highest BCUT2D eigenvalue weighted by Crippen LogP contribution is 2.29. The minimum atomic E-state index is -4.51. The summed E-state index contributed by atoms with van der Waals surface area (Å²) in [6.07, 6.45) is -2.67. The van der Waals surface area contributed by atoms with E-state index in [1.54, 1.807) is 6.07 Å². The summed E-state index contributed by atoms with van der Waals surface area (Å²) in [6.45, 7) is 1.35. The molecule has 3 heterocycles. The van der Waals surface area contributed by atoms with Crippen LogP contribution in [0.4, 0.5) is 22.0 Å². The van der Waals surface area contributed by atoms with Crippen molar-refractivity contribution in [1.82, 2.24) is 45.6 Å². The number of benzene rings is 1. The van der Waals surface area contributed by atoms with Gasteiger partial charge in [0.1, 0.15) is 5.75 Å². The Kier molecular flexibility index (Phi) is 9.62. The van der Waals surface area contributed by atoms with E-state index in [2.05, 4.69) is 41.0 Å². The van der Waals surface area contributed by atoms with Crippen molar-refractivity contribution in [3.63, 3.8) is 0 Å². The van der Waals surface area contributed by atoms with Gasteiger partial charge in [-0.05, 0) is 42.7 Å². The van der Waals surface area contributed by atoms with Gasteiger partial charge in [-0.2, -0.15) is 22.0 Å². The summed E-state index contributed by atoms with van der Waals surface area (Å²) >= 11 is 0. The second-order valence-electron chi connectivity index (χ2n) is 9.40. The van der Waals surface area contributed by atoms with Crippen LogP contribution < -0.4 is 15.4 Å². The van der Waals surface area contributed by atoms with Crippen molar-refractivity contribution in [2.45, 2.75) is 58.2 Å². The van der Waals surface area contributed by atoms with E-state index in [1.807, 2.05) is 0 Å². The first-order valence-electron chi connectivity index (χ1n) is 12.9. The molecular weight excluding hydrogens is 581 g/mol. The third kappa shape index (κ3) is 9.54. The van der Waals surface area contributed by atoms with Gasteiger partial charge in [0, 0.05) is 32.8 Å². The Morgan fingerprint density at radius 3 is 2.05 bits per heavy atom.